The number of hydrogen-bond acceptors (Lipinski definition) is 3. The summed E-state index contributed by atoms with van der Waals surface area (Å²) in [5.41, 5.74) is 2.09. The van der Waals surface area contributed by atoms with Crippen LogP contribution in [-0.4, -0.2) is 24.3 Å². The Hall–Kier alpha value is -3.15. The third-order valence-electron chi connectivity index (χ3n) is 3.19. The van der Waals surface area contributed by atoms with E-state index in [1.807, 2.05) is 6.92 Å². The van der Waals surface area contributed by atoms with Gasteiger partial charge in [-0.15, -0.1) is 0 Å². The zero-order valence-corrected chi connectivity index (χ0v) is 13.6. The van der Waals surface area contributed by atoms with Crippen LogP contribution in [0.15, 0.2) is 48.5 Å². The second-order valence-corrected chi connectivity index (χ2v) is 5.15. The van der Waals surface area contributed by atoms with Gasteiger partial charge in [-0.05, 0) is 49.4 Å². The number of nitrogens with one attached hydrogen (secondary N) is 3. The summed E-state index contributed by atoms with van der Waals surface area (Å²) in [6.07, 6.45) is 0. The van der Waals surface area contributed by atoms with E-state index in [1.165, 1.54) is 6.92 Å². The van der Waals surface area contributed by atoms with E-state index in [1.54, 1.807) is 48.5 Å². The number of rotatable bonds is 5. The van der Waals surface area contributed by atoms with Crippen LogP contribution in [0, 0.1) is 0 Å². The number of benzene rings is 2. The minimum absolute atomic E-state index is 0.172. The Bertz CT molecular complexity index is 754. The van der Waals surface area contributed by atoms with Crippen LogP contribution >= 0.6 is 0 Å². The molecule has 3 amide bonds. The van der Waals surface area contributed by atoms with Crippen molar-refractivity contribution in [3.63, 3.8) is 0 Å². The predicted molar refractivity (Wildman–Crippen MR) is 93.1 cm³/mol. The van der Waals surface area contributed by atoms with Crippen LogP contribution < -0.4 is 16.0 Å². The van der Waals surface area contributed by atoms with Crippen LogP contribution in [0.3, 0.4) is 0 Å². The van der Waals surface area contributed by atoms with E-state index in [4.69, 9.17) is 0 Å². The van der Waals surface area contributed by atoms with Crippen LogP contribution in [0.4, 0.5) is 11.4 Å². The summed E-state index contributed by atoms with van der Waals surface area (Å²) >= 11 is 0. The molecule has 24 heavy (non-hydrogen) atoms. The first kappa shape index (κ1) is 17.2. The smallest absolute Gasteiger partial charge is 0.255 e. The first-order valence-corrected chi connectivity index (χ1v) is 7.57. The molecule has 0 spiro atoms. The Morgan fingerprint density at radius 1 is 0.833 bits per heavy atom. The monoisotopic (exact) mass is 325 g/mol. The first-order valence-electron chi connectivity index (χ1n) is 7.57. The molecule has 0 unspecified atom stereocenters. The van der Waals surface area contributed by atoms with Crippen LogP contribution in [0.1, 0.15) is 34.6 Å². The summed E-state index contributed by atoms with van der Waals surface area (Å²) in [5, 5.41) is 8.10. The molecule has 6 nitrogen and oxygen atoms in total. The van der Waals surface area contributed by atoms with Crippen LogP contribution in [0.2, 0.25) is 0 Å². The van der Waals surface area contributed by atoms with Gasteiger partial charge >= 0.3 is 0 Å². The summed E-state index contributed by atoms with van der Waals surface area (Å²) in [5.74, 6) is -0.653. The van der Waals surface area contributed by atoms with Gasteiger partial charge in [-0.3, -0.25) is 14.4 Å². The Morgan fingerprint density at radius 2 is 1.54 bits per heavy atom. The molecule has 0 aromatic heterocycles. The van der Waals surface area contributed by atoms with Crippen LogP contribution in [-0.2, 0) is 4.79 Å². The minimum Gasteiger partial charge on any atom is -0.352 e. The third kappa shape index (κ3) is 4.67. The largest absolute Gasteiger partial charge is 0.352 e. The molecule has 0 saturated carbocycles. The lowest BCUT2D eigenvalue weighted by atomic mass is 10.1. The number of hydrogen-bond donors (Lipinski definition) is 3. The lowest BCUT2D eigenvalue weighted by Crippen LogP contribution is -2.22. The highest BCUT2D eigenvalue weighted by molar-refractivity contribution is 6.05. The lowest BCUT2D eigenvalue weighted by molar-refractivity contribution is -0.114. The maximum atomic E-state index is 12.3. The topological polar surface area (TPSA) is 87.3 Å². The van der Waals surface area contributed by atoms with Crippen molar-refractivity contribution in [2.24, 2.45) is 0 Å². The second kappa shape index (κ2) is 7.92. The van der Waals surface area contributed by atoms with Gasteiger partial charge in [-0.25, -0.2) is 0 Å². The van der Waals surface area contributed by atoms with E-state index in [0.717, 1.165) is 0 Å². The van der Waals surface area contributed by atoms with Gasteiger partial charge < -0.3 is 16.0 Å². The van der Waals surface area contributed by atoms with Crippen molar-refractivity contribution in [1.82, 2.24) is 5.32 Å². The highest BCUT2D eigenvalue weighted by Gasteiger charge is 2.09. The molecule has 0 aliphatic heterocycles. The van der Waals surface area contributed by atoms with Crippen molar-refractivity contribution < 1.29 is 14.4 Å². The van der Waals surface area contributed by atoms with E-state index in [0.29, 0.717) is 29.0 Å². The highest BCUT2D eigenvalue weighted by Crippen LogP contribution is 2.14. The van der Waals surface area contributed by atoms with Crippen molar-refractivity contribution in [1.29, 1.82) is 0 Å². The molecule has 0 bridgehead atoms. The fraction of sp³-hybridized carbons (Fsp3) is 0.167. The van der Waals surface area contributed by atoms with Gasteiger partial charge in [0.1, 0.15) is 0 Å². The average Bonchev–Trinajstić information content (AvgIpc) is 2.55. The second-order valence-electron chi connectivity index (χ2n) is 5.15. The van der Waals surface area contributed by atoms with E-state index < -0.39 is 0 Å². The zero-order chi connectivity index (χ0) is 17.5. The molecule has 0 aliphatic carbocycles. The summed E-state index contributed by atoms with van der Waals surface area (Å²) in [7, 11) is 0. The van der Waals surface area contributed by atoms with Crippen molar-refractivity contribution in [2.75, 3.05) is 17.2 Å². The SMILES string of the molecule is CCNC(=O)c1cccc(NC(=O)c2ccc(NC(C)=O)cc2)c1. The normalized spacial score (nSPS) is 9.92. The molecule has 0 radical (unpaired) electrons. The fourth-order valence-electron chi connectivity index (χ4n) is 2.11. The summed E-state index contributed by atoms with van der Waals surface area (Å²) in [6, 6.07) is 13.3. The molecule has 124 valence electrons. The van der Waals surface area contributed by atoms with Crippen molar-refractivity contribution >= 4 is 29.1 Å². The standard InChI is InChI=1S/C18H19N3O3/c1-3-19-17(23)14-5-4-6-16(11-14)21-18(24)13-7-9-15(10-8-13)20-12(2)22/h4-11H,3H2,1-2H3,(H,19,23)(H,20,22)(H,21,24). The maximum Gasteiger partial charge on any atom is 0.255 e. The van der Waals surface area contributed by atoms with Gasteiger partial charge in [-0.1, -0.05) is 6.07 Å². The van der Waals surface area contributed by atoms with E-state index >= 15 is 0 Å². The van der Waals surface area contributed by atoms with Gasteiger partial charge in [0, 0.05) is 36.0 Å². The van der Waals surface area contributed by atoms with Gasteiger partial charge in [0.25, 0.3) is 11.8 Å². The Kier molecular flexibility index (Phi) is 5.68. The van der Waals surface area contributed by atoms with Crippen molar-refractivity contribution in [2.45, 2.75) is 13.8 Å². The number of anilines is 2. The molecular formula is C18H19N3O3. The molecule has 2 rings (SSSR count). The van der Waals surface area contributed by atoms with E-state index in [9.17, 15) is 14.4 Å². The van der Waals surface area contributed by atoms with Gasteiger partial charge in [0.05, 0.1) is 0 Å². The maximum absolute atomic E-state index is 12.3. The summed E-state index contributed by atoms with van der Waals surface area (Å²) in [6.45, 7) is 3.80. The summed E-state index contributed by atoms with van der Waals surface area (Å²) in [4.78, 5) is 35.1. The van der Waals surface area contributed by atoms with Gasteiger partial charge in [0.15, 0.2) is 0 Å². The summed E-state index contributed by atoms with van der Waals surface area (Å²) < 4.78 is 0. The van der Waals surface area contributed by atoms with Crippen molar-refractivity contribution in [3.8, 4) is 0 Å². The average molecular weight is 325 g/mol. The number of carbonyl (C=O) groups is 3. The van der Waals surface area contributed by atoms with Crippen molar-refractivity contribution in [3.05, 3.63) is 59.7 Å². The molecule has 3 N–H and O–H groups in total. The molecule has 0 aliphatic rings. The van der Waals surface area contributed by atoms with Crippen LogP contribution in [0.5, 0.6) is 0 Å². The molecule has 6 heteroatoms. The number of carbonyl (C=O) groups excluding carboxylic acids is 3. The quantitative estimate of drug-likeness (QED) is 0.790. The first-order chi connectivity index (χ1) is 11.5. The van der Waals surface area contributed by atoms with E-state index in [2.05, 4.69) is 16.0 Å². The number of amides is 3. The van der Waals surface area contributed by atoms with E-state index in [-0.39, 0.29) is 17.7 Å². The Labute approximate surface area is 140 Å². The molecular weight excluding hydrogens is 306 g/mol. The highest BCUT2D eigenvalue weighted by atomic mass is 16.2. The lowest BCUT2D eigenvalue weighted by Gasteiger charge is -2.08. The Morgan fingerprint density at radius 3 is 2.17 bits per heavy atom. The minimum atomic E-state index is -0.294. The Balaban J connectivity index is 2.08. The molecule has 2 aromatic carbocycles. The molecule has 0 heterocycles. The van der Waals surface area contributed by atoms with Gasteiger partial charge in [0.2, 0.25) is 5.91 Å². The zero-order valence-electron chi connectivity index (χ0n) is 13.6. The van der Waals surface area contributed by atoms with Gasteiger partial charge in [-0.2, -0.15) is 0 Å². The predicted octanol–water partition coefficient (Wildman–Crippen LogP) is 2.65. The van der Waals surface area contributed by atoms with Crippen LogP contribution in [0.25, 0.3) is 0 Å². The molecule has 2 aromatic rings. The third-order valence-corrected chi connectivity index (χ3v) is 3.19. The molecule has 0 fully saturated rings. The fourth-order valence-corrected chi connectivity index (χ4v) is 2.11. The molecule has 0 saturated heterocycles. The molecule has 0 atom stereocenters.